The molecule has 0 bridgehead atoms. The summed E-state index contributed by atoms with van der Waals surface area (Å²) in [6.45, 7) is 5.29. The number of benzene rings is 1. The van der Waals surface area contributed by atoms with Crippen LogP contribution in [0.3, 0.4) is 0 Å². The molecule has 1 aromatic carbocycles. The molecule has 4 rings (SSSR count). The van der Waals surface area contributed by atoms with Gasteiger partial charge in [-0.2, -0.15) is 0 Å². The first-order chi connectivity index (χ1) is 13.6. The SMILES string of the molecule is Cn1c(-c2ccccc2)cn(CN2CCCC(C(=O)N3CCOCC3)C2)c1=S. The Morgan fingerprint density at radius 3 is 2.68 bits per heavy atom. The number of amides is 1. The topological polar surface area (TPSA) is 42.6 Å². The zero-order valence-corrected chi connectivity index (χ0v) is 17.2. The summed E-state index contributed by atoms with van der Waals surface area (Å²) in [5.74, 6) is 0.368. The minimum Gasteiger partial charge on any atom is -0.378 e. The number of hydrogen-bond acceptors (Lipinski definition) is 4. The van der Waals surface area contributed by atoms with Crippen LogP contribution in [0.15, 0.2) is 36.5 Å². The van der Waals surface area contributed by atoms with Crippen LogP contribution >= 0.6 is 12.2 Å². The van der Waals surface area contributed by atoms with E-state index in [4.69, 9.17) is 17.0 Å². The van der Waals surface area contributed by atoms with E-state index in [1.807, 2.05) is 30.1 Å². The van der Waals surface area contributed by atoms with Crippen LogP contribution in [0.2, 0.25) is 0 Å². The average molecular weight is 401 g/mol. The fraction of sp³-hybridized carbons (Fsp3) is 0.524. The molecule has 6 nitrogen and oxygen atoms in total. The number of rotatable bonds is 4. The Balaban J connectivity index is 1.45. The van der Waals surface area contributed by atoms with Crippen LogP contribution in [-0.4, -0.2) is 64.2 Å². The Kier molecular flexibility index (Phi) is 5.94. The highest BCUT2D eigenvalue weighted by Gasteiger charge is 2.30. The Hall–Kier alpha value is -1.96. The highest BCUT2D eigenvalue weighted by Crippen LogP contribution is 2.23. The van der Waals surface area contributed by atoms with Crippen molar-refractivity contribution in [3.63, 3.8) is 0 Å². The summed E-state index contributed by atoms with van der Waals surface area (Å²) in [7, 11) is 2.02. The molecule has 0 saturated carbocycles. The van der Waals surface area contributed by atoms with Gasteiger partial charge in [-0.25, -0.2) is 0 Å². The van der Waals surface area contributed by atoms with Gasteiger partial charge in [-0.1, -0.05) is 30.3 Å². The Morgan fingerprint density at radius 1 is 1.18 bits per heavy atom. The van der Waals surface area contributed by atoms with Crippen molar-refractivity contribution in [1.82, 2.24) is 18.9 Å². The number of aromatic nitrogens is 2. The monoisotopic (exact) mass is 400 g/mol. The van der Waals surface area contributed by atoms with Gasteiger partial charge in [-0.3, -0.25) is 9.69 Å². The molecule has 0 N–H and O–H groups in total. The lowest BCUT2D eigenvalue weighted by Crippen LogP contribution is -2.48. The zero-order valence-electron chi connectivity index (χ0n) is 16.4. The summed E-state index contributed by atoms with van der Waals surface area (Å²) in [6, 6.07) is 10.3. The van der Waals surface area contributed by atoms with Gasteiger partial charge < -0.3 is 18.8 Å². The van der Waals surface area contributed by atoms with Crippen LogP contribution in [-0.2, 0) is 23.2 Å². The lowest BCUT2D eigenvalue weighted by Gasteiger charge is -2.36. The number of carbonyl (C=O) groups excluding carboxylic acids is 1. The van der Waals surface area contributed by atoms with Crippen molar-refractivity contribution in [1.29, 1.82) is 0 Å². The minimum atomic E-state index is 0.0818. The van der Waals surface area contributed by atoms with E-state index >= 15 is 0 Å². The number of morpholine rings is 1. The molecule has 28 heavy (non-hydrogen) atoms. The summed E-state index contributed by atoms with van der Waals surface area (Å²) >= 11 is 5.68. The van der Waals surface area contributed by atoms with Crippen LogP contribution in [0.1, 0.15) is 12.8 Å². The second-order valence-corrected chi connectivity index (χ2v) is 8.05. The molecule has 2 fully saturated rings. The molecule has 2 saturated heterocycles. The van der Waals surface area contributed by atoms with Gasteiger partial charge in [-0.05, 0) is 37.2 Å². The molecule has 1 amide bonds. The van der Waals surface area contributed by atoms with Crippen molar-refractivity contribution in [3.05, 3.63) is 41.3 Å². The number of carbonyl (C=O) groups is 1. The van der Waals surface area contributed by atoms with Crippen LogP contribution in [0.5, 0.6) is 0 Å². The van der Waals surface area contributed by atoms with Gasteiger partial charge in [-0.15, -0.1) is 0 Å². The van der Waals surface area contributed by atoms with Gasteiger partial charge in [0.05, 0.1) is 31.5 Å². The molecule has 1 unspecified atom stereocenters. The molecule has 0 aliphatic carbocycles. The number of likely N-dealkylation sites (tertiary alicyclic amines) is 1. The highest BCUT2D eigenvalue weighted by molar-refractivity contribution is 7.71. The molecule has 150 valence electrons. The third-order valence-electron chi connectivity index (χ3n) is 5.77. The predicted molar refractivity (Wildman–Crippen MR) is 111 cm³/mol. The molecule has 2 aliphatic rings. The summed E-state index contributed by atoms with van der Waals surface area (Å²) in [4.78, 5) is 17.2. The largest absolute Gasteiger partial charge is 0.378 e. The van der Waals surface area contributed by atoms with Gasteiger partial charge >= 0.3 is 0 Å². The van der Waals surface area contributed by atoms with Gasteiger partial charge in [0.1, 0.15) is 0 Å². The third-order valence-corrected chi connectivity index (χ3v) is 6.28. The summed E-state index contributed by atoms with van der Waals surface area (Å²) in [6.07, 6.45) is 4.15. The summed E-state index contributed by atoms with van der Waals surface area (Å²) in [5.41, 5.74) is 2.28. The number of hydrogen-bond donors (Lipinski definition) is 0. The molecule has 0 spiro atoms. The second kappa shape index (κ2) is 8.59. The molecular formula is C21H28N4O2S. The Bertz CT molecular complexity index is 870. The van der Waals surface area contributed by atoms with Gasteiger partial charge in [0, 0.05) is 32.9 Å². The van der Waals surface area contributed by atoms with E-state index in [1.165, 1.54) is 0 Å². The van der Waals surface area contributed by atoms with E-state index in [2.05, 4.69) is 32.4 Å². The van der Waals surface area contributed by atoms with Gasteiger partial charge in [0.25, 0.3) is 0 Å². The van der Waals surface area contributed by atoms with Crippen LogP contribution in [0.4, 0.5) is 0 Å². The van der Waals surface area contributed by atoms with Gasteiger partial charge in [0.15, 0.2) is 4.77 Å². The minimum absolute atomic E-state index is 0.0818. The average Bonchev–Trinajstić information content (AvgIpc) is 3.03. The van der Waals surface area contributed by atoms with E-state index in [0.717, 1.165) is 61.7 Å². The highest BCUT2D eigenvalue weighted by atomic mass is 32.1. The van der Waals surface area contributed by atoms with Gasteiger partial charge in [0.2, 0.25) is 5.91 Å². The Labute approximate surface area is 171 Å². The first-order valence-corrected chi connectivity index (χ1v) is 10.4. The van der Waals surface area contributed by atoms with Crippen molar-refractivity contribution in [3.8, 4) is 11.3 Å². The maximum absolute atomic E-state index is 12.9. The standard InChI is InChI=1S/C21H28N4O2S/c1-22-19(17-6-3-2-4-7-17)15-25(21(22)28)16-23-9-5-8-18(14-23)20(26)24-10-12-27-13-11-24/h2-4,6-7,15,18H,5,8-14,16H2,1H3. The molecule has 3 heterocycles. The van der Waals surface area contributed by atoms with Crippen LogP contribution < -0.4 is 0 Å². The van der Waals surface area contributed by atoms with Crippen molar-refractivity contribution in [2.75, 3.05) is 39.4 Å². The summed E-state index contributed by atoms with van der Waals surface area (Å²) in [5, 5.41) is 0. The number of piperidine rings is 1. The maximum atomic E-state index is 12.9. The zero-order chi connectivity index (χ0) is 19.5. The fourth-order valence-corrected chi connectivity index (χ4v) is 4.42. The third kappa shape index (κ3) is 4.06. The second-order valence-electron chi connectivity index (χ2n) is 7.69. The van der Waals surface area contributed by atoms with Crippen LogP contribution in [0.25, 0.3) is 11.3 Å². The van der Waals surface area contributed by atoms with E-state index in [-0.39, 0.29) is 11.8 Å². The number of ether oxygens (including phenoxy) is 1. The number of imidazole rings is 1. The molecule has 7 heteroatoms. The van der Waals surface area contributed by atoms with Crippen molar-refractivity contribution in [2.45, 2.75) is 19.5 Å². The fourth-order valence-electron chi connectivity index (χ4n) is 4.21. The maximum Gasteiger partial charge on any atom is 0.227 e. The van der Waals surface area contributed by atoms with E-state index in [9.17, 15) is 4.79 Å². The molecule has 2 aliphatic heterocycles. The quantitative estimate of drug-likeness (QED) is 0.740. The molecule has 0 radical (unpaired) electrons. The molecule has 1 atom stereocenters. The molecular weight excluding hydrogens is 372 g/mol. The smallest absolute Gasteiger partial charge is 0.227 e. The number of nitrogens with zero attached hydrogens (tertiary/aromatic N) is 4. The van der Waals surface area contributed by atoms with E-state index < -0.39 is 0 Å². The molecule has 1 aromatic heterocycles. The van der Waals surface area contributed by atoms with E-state index in [0.29, 0.717) is 13.2 Å². The summed E-state index contributed by atoms with van der Waals surface area (Å²) < 4.78 is 10.4. The van der Waals surface area contributed by atoms with Crippen molar-refractivity contribution in [2.24, 2.45) is 13.0 Å². The van der Waals surface area contributed by atoms with Crippen molar-refractivity contribution < 1.29 is 9.53 Å². The van der Waals surface area contributed by atoms with Crippen LogP contribution in [0, 0.1) is 10.7 Å². The molecule has 2 aromatic rings. The van der Waals surface area contributed by atoms with E-state index in [1.54, 1.807) is 0 Å². The first-order valence-electron chi connectivity index (χ1n) is 10.0. The Morgan fingerprint density at radius 2 is 1.93 bits per heavy atom. The van der Waals surface area contributed by atoms with Crippen molar-refractivity contribution >= 4 is 18.1 Å². The lowest BCUT2D eigenvalue weighted by atomic mass is 9.96. The first kappa shape index (κ1) is 19.4. The normalized spacial score (nSPS) is 21.0. The predicted octanol–water partition coefficient (Wildman–Crippen LogP) is 2.75. The lowest BCUT2D eigenvalue weighted by molar-refractivity contribution is -0.141.